The Morgan fingerprint density at radius 2 is 1.70 bits per heavy atom. The van der Waals surface area contributed by atoms with Gasteiger partial charge in [0.1, 0.15) is 24.2 Å². The number of carbonyl (C=O) groups excluding carboxylic acids is 2. The number of rotatable bonds is 12. The summed E-state index contributed by atoms with van der Waals surface area (Å²) >= 11 is 6.32. The van der Waals surface area contributed by atoms with Crippen LogP contribution in [0.15, 0.2) is 71.6 Å². The average Bonchev–Trinajstić information content (AvgIpc) is 2.93. The molecule has 0 radical (unpaired) electrons. The van der Waals surface area contributed by atoms with Gasteiger partial charge in [-0.1, -0.05) is 48.4 Å². The fourth-order valence-corrected chi connectivity index (χ4v) is 5.60. The summed E-state index contributed by atoms with van der Waals surface area (Å²) in [6.07, 6.45) is 0.700. The first-order valence-corrected chi connectivity index (χ1v) is 14.5. The Balaban J connectivity index is 2.05. The second-order valence-electron chi connectivity index (χ2n) is 9.26. The largest absolute Gasteiger partial charge is 0.495 e. The molecule has 0 saturated heterocycles. The van der Waals surface area contributed by atoms with Crippen molar-refractivity contribution in [3.8, 4) is 5.75 Å². The van der Waals surface area contributed by atoms with Crippen LogP contribution in [0.4, 0.5) is 10.1 Å². The van der Waals surface area contributed by atoms with Crippen molar-refractivity contribution in [3.63, 3.8) is 0 Å². The number of ether oxygens (including phenoxy) is 1. The van der Waals surface area contributed by atoms with E-state index in [1.54, 1.807) is 19.1 Å². The van der Waals surface area contributed by atoms with E-state index in [0.29, 0.717) is 24.3 Å². The minimum atomic E-state index is -4.24. The normalized spacial score (nSPS) is 11.9. The topological polar surface area (TPSA) is 96.0 Å². The smallest absolute Gasteiger partial charge is 0.264 e. The Hall–Kier alpha value is -3.63. The Bertz CT molecular complexity index is 1430. The molecular weight excluding hydrogens is 557 g/mol. The number of benzene rings is 3. The van der Waals surface area contributed by atoms with Gasteiger partial charge in [-0.05, 0) is 68.3 Å². The minimum absolute atomic E-state index is 0.0170. The van der Waals surface area contributed by atoms with Crippen LogP contribution in [0.25, 0.3) is 0 Å². The van der Waals surface area contributed by atoms with Crippen LogP contribution in [0.1, 0.15) is 31.4 Å². The summed E-state index contributed by atoms with van der Waals surface area (Å²) in [5, 5.41) is 2.93. The van der Waals surface area contributed by atoms with Crippen molar-refractivity contribution in [2.45, 2.75) is 44.7 Å². The molecule has 0 heterocycles. The second-order valence-corrected chi connectivity index (χ2v) is 11.5. The number of hydrogen-bond acceptors (Lipinski definition) is 5. The number of anilines is 1. The van der Waals surface area contributed by atoms with Crippen LogP contribution in [-0.4, -0.2) is 51.4 Å². The van der Waals surface area contributed by atoms with Gasteiger partial charge in [0.25, 0.3) is 10.0 Å². The first-order valence-electron chi connectivity index (χ1n) is 12.7. The number of hydrogen-bond donors (Lipinski definition) is 1. The first kappa shape index (κ1) is 30.9. The maximum Gasteiger partial charge on any atom is 0.264 e. The molecule has 0 aromatic heterocycles. The average molecular weight is 590 g/mol. The summed E-state index contributed by atoms with van der Waals surface area (Å²) in [5.74, 6) is -1.13. The standard InChI is InChI=1S/C29H33ClFN3O5S/c1-5-16-32-29(36)21(3)33(18-22-8-10-23(31)11-9-22)28(35)19-34(24-12-15-27(39-4)26(30)17-24)40(37,38)25-13-6-20(2)7-14-25/h6-15,17,21H,5,16,18-19H2,1-4H3,(H,32,36)/t21-/m0/s1. The van der Waals surface area contributed by atoms with E-state index >= 15 is 0 Å². The van der Waals surface area contributed by atoms with E-state index < -0.39 is 40.2 Å². The molecule has 3 aromatic carbocycles. The molecule has 0 saturated carbocycles. The van der Waals surface area contributed by atoms with Crippen molar-refractivity contribution >= 4 is 39.1 Å². The van der Waals surface area contributed by atoms with Gasteiger partial charge in [-0.3, -0.25) is 13.9 Å². The molecule has 0 bridgehead atoms. The maximum atomic E-state index is 13.9. The van der Waals surface area contributed by atoms with Crippen molar-refractivity contribution in [2.24, 2.45) is 0 Å². The molecule has 0 unspecified atom stereocenters. The predicted molar refractivity (Wildman–Crippen MR) is 153 cm³/mol. The lowest BCUT2D eigenvalue weighted by Crippen LogP contribution is -2.51. The molecule has 214 valence electrons. The van der Waals surface area contributed by atoms with E-state index in [-0.39, 0.29) is 22.2 Å². The van der Waals surface area contributed by atoms with Crippen LogP contribution < -0.4 is 14.4 Å². The number of nitrogens with one attached hydrogen (secondary N) is 1. The SMILES string of the molecule is CCCNC(=O)[C@H](C)N(Cc1ccc(F)cc1)C(=O)CN(c1ccc(OC)c(Cl)c1)S(=O)(=O)c1ccc(C)cc1. The highest BCUT2D eigenvalue weighted by molar-refractivity contribution is 7.92. The molecule has 0 fully saturated rings. The fourth-order valence-electron chi connectivity index (χ4n) is 3.94. The third-order valence-electron chi connectivity index (χ3n) is 6.29. The Labute approximate surface area is 239 Å². The summed E-state index contributed by atoms with van der Waals surface area (Å²) < 4.78 is 47.4. The van der Waals surface area contributed by atoms with Gasteiger partial charge in [-0.25, -0.2) is 12.8 Å². The minimum Gasteiger partial charge on any atom is -0.495 e. The van der Waals surface area contributed by atoms with E-state index in [0.717, 1.165) is 9.87 Å². The van der Waals surface area contributed by atoms with Gasteiger partial charge in [0.2, 0.25) is 11.8 Å². The maximum absolute atomic E-state index is 13.9. The van der Waals surface area contributed by atoms with E-state index in [1.165, 1.54) is 66.6 Å². The monoisotopic (exact) mass is 589 g/mol. The highest BCUT2D eigenvalue weighted by Gasteiger charge is 2.32. The molecule has 11 heteroatoms. The summed E-state index contributed by atoms with van der Waals surface area (Å²) in [4.78, 5) is 28.0. The van der Waals surface area contributed by atoms with Gasteiger partial charge in [0.15, 0.2) is 0 Å². The van der Waals surface area contributed by atoms with Gasteiger partial charge < -0.3 is 15.0 Å². The van der Waals surface area contributed by atoms with Gasteiger partial charge in [0, 0.05) is 13.1 Å². The number of halogens is 2. The number of carbonyl (C=O) groups is 2. The molecule has 0 aliphatic carbocycles. The predicted octanol–water partition coefficient (Wildman–Crippen LogP) is 4.93. The molecule has 40 heavy (non-hydrogen) atoms. The van der Waals surface area contributed by atoms with Crippen LogP contribution in [0.3, 0.4) is 0 Å². The van der Waals surface area contributed by atoms with Crippen molar-refractivity contribution < 1.29 is 27.1 Å². The Kier molecular flexibility index (Phi) is 10.5. The highest BCUT2D eigenvalue weighted by Crippen LogP contribution is 2.32. The molecule has 3 aromatic rings. The van der Waals surface area contributed by atoms with Crippen LogP contribution >= 0.6 is 11.6 Å². The third kappa shape index (κ3) is 7.51. The lowest BCUT2D eigenvalue weighted by Gasteiger charge is -2.32. The second kappa shape index (κ2) is 13.6. The third-order valence-corrected chi connectivity index (χ3v) is 8.38. The summed E-state index contributed by atoms with van der Waals surface area (Å²) in [6, 6.07) is 15.3. The van der Waals surface area contributed by atoms with Crippen molar-refractivity contribution in [2.75, 3.05) is 24.5 Å². The summed E-state index contributed by atoms with van der Waals surface area (Å²) in [7, 11) is -2.80. The molecule has 2 amide bonds. The highest BCUT2D eigenvalue weighted by atomic mass is 35.5. The molecule has 8 nitrogen and oxygen atoms in total. The number of nitrogens with zero attached hydrogens (tertiary/aromatic N) is 2. The van der Waals surface area contributed by atoms with Crippen molar-refractivity contribution in [3.05, 3.63) is 88.7 Å². The van der Waals surface area contributed by atoms with E-state index in [9.17, 15) is 22.4 Å². The molecule has 0 spiro atoms. The zero-order chi connectivity index (χ0) is 29.4. The zero-order valence-corrected chi connectivity index (χ0v) is 24.4. The van der Waals surface area contributed by atoms with Crippen molar-refractivity contribution in [1.82, 2.24) is 10.2 Å². The number of amides is 2. The fraction of sp³-hybridized carbons (Fsp3) is 0.310. The van der Waals surface area contributed by atoms with Gasteiger partial charge in [0.05, 0.1) is 22.7 Å². The molecule has 1 atom stereocenters. The molecule has 1 N–H and O–H groups in total. The van der Waals surface area contributed by atoms with Crippen molar-refractivity contribution in [1.29, 1.82) is 0 Å². The lowest BCUT2D eigenvalue weighted by molar-refractivity contribution is -0.139. The van der Waals surface area contributed by atoms with Crippen LogP contribution in [-0.2, 0) is 26.2 Å². The van der Waals surface area contributed by atoms with Gasteiger partial charge in [-0.15, -0.1) is 0 Å². The number of methoxy groups -OCH3 is 1. The van der Waals surface area contributed by atoms with Crippen LogP contribution in [0.5, 0.6) is 5.75 Å². The Morgan fingerprint density at radius 1 is 1.05 bits per heavy atom. The molecular formula is C29H33ClFN3O5S. The van der Waals surface area contributed by atoms with E-state index in [1.807, 2.05) is 13.8 Å². The van der Waals surface area contributed by atoms with Crippen LogP contribution in [0.2, 0.25) is 5.02 Å². The zero-order valence-electron chi connectivity index (χ0n) is 22.9. The summed E-state index contributed by atoms with van der Waals surface area (Å²) in [6.45, 7) is 5.06. The first-order chi connectivity index (χ1) is 19.0. The molecule has 3 rings (SSSR count). The quantitative estimate of drug-likeness (QED) is 0.323. The van der Waals surface area contributed by atoms with Gasteiger partial charge >= 0.3 is 0 Å². The molecule has 0 aliphatic rings. The van der Waals surface area contributed by atoms with Gasteiger partial charge in [-0.2, -0.15) is 0 Å². The van der Waals surface area contributed by atoms with E-state index in [2.05, 4.69) is 5.32 Å². The lowest BCUT2D eigenvalue weighted by atomic mass is 10.1. The summed E-state index contributed by atoms with van der Waals surface area (Å²) in [5.41, 5.74) is 1.58. The number of sulfonamides is 1. The molecule has 0 aliphatic heterocycles. The number of aryl methyl sites for hydroxylation is 1. The Morgan fingerprint density at radius 3 is 2.27 bits per heavy atom. The van der Waals surface area contributed by atoms with Crippen LogP contribution in [0, 0.1) is 12.7 Å². The van der Waals surface area contributed by atoms with E-state index in [4.69, 9.17) is 16.3 Å².